The van der Waals surface area contributed by atoms with E-state index in [4.69, 9.17) is 26.4 Å². The molecule has 0 spiro atoms. The van der Waals surface area contributed by atoms with Gasteiger partial charge in [0.15, 0.2) is 15.8 Å². The predicted molar refractivity (Wildman–Crippen MR) is 129 cm³/mol. The van der Waals surface area contributed by atoms with Crippen molar-refractivity contribution in [2.24, 2.45) is 5.92 Å². The highest BCUT2D eigenvalue weighted by atomic mass is 32.2. The number of thiocarbonyl (C=S) groups is 1. The Balaban J connectivity index is 1.73. The number of amides is 2. The molecule has 1 N–H and O–H groups in total. The second-order valence-electron chi connectivity index (χ2n) is 7.30. The summed E-state index contributed by atoms with van der Waals surface area (Å²) in [5, 5.41) is 1.08. The van der Waals surface area contributed by atoms with Crippen molar-refractivity contribution in [2.45, 2.75) is 13.8 Å². The van der Waals surface area contributed by atoms with E-state index in [9.17, 15) is 9.59 Å². The molecule has 1 fully saturated rings. The number of rotatable bonds is 8. The average molecular weight is 473 g/mol. The number of ether oxygens (including phenoxy) is 3. The fraction of sp³-hybridized carbons (Fsp3) is 0.261. The number of hydrogen-bond donors (Lipinski definition) is 1. The van der Waals surface area contributed by atoms with Gasteiger partial charge in [0.25, 0.3) is 11.8 Å². The van der Waals surface area contributed by atoms with Crippen molar-refractivity contribution < 1.29 is 23.8 Å². The van der Waals surface area contributed by atoms with E-state index in [0.29, 0.717) is 40.2 Å². The molecule has 0 aliphatic carbocycles. The number of hydrazine groups is 1. The molecule has 1 saturated heterocycles. The number of carbonyl (C=O) groups is 2. The van der Waals surface area contributed by atoms with Crippen LogP contribution in [0.5, 0.6) is 17.2 Å². The normalized spacial score (nSPS) is 14.8. The molecule has 2 aromatic rings. The molecule has 0 bridgehead atoms. The van der Waals surface area contributed by atoms with Crippen LogP contribution in [-0.2, 0) is 4.79 Å². The number of thioether (sulfide) groups is 1. The van der Waals surface area contributed by atoms with Crippen LogP contribution < -0.4 is 19.6 Å². The Kier molecular flexibility index (Phi) is 7.76. The summed E-state index contributed by atoms with van der Waals surface area (Å²) in [7, 11) is 3.11. The minimum atomic E-state index is -0.446. The molecule has 9 heteroatoms. The average Bonchev–Trinajstić information content (AvgIpc) is 3.05. The summed E-state index contributed by atoms with van der Waals surface area (Å²) < 4.78 is 16.5. The smallest absolute Gasteiger partial charge is 0.285 e. The molecule has 1 aliphatic heterocycles. The molecule has 7 nitrogen and oxygen atoms in total. The van der Waals surface area contributed by atoms with Crippen LogP contribution in [0.15, 0.2) is 47.4 Å². The van der Waals surface area contributed by atoms with E-state index in [2.05, 4.69) is 19.3 Å². The second kappa shape index (κ2) is 10.5. The highest BCUT2D eigenvalue weighted by Gasteiger charge is 2.33. The third-order valence-corrected chi connectivity index (χ3v) is 5.72. The second-order valence-corrected chi connectivity index (χ2v) is 8.98. The van der Waals surface area contributed by atoms with Gasteiger partial charge in [0.1, 0.15) is 5.75 Å². The van der Waals surface area contributed by atoms with Crippen molar-refractivity contribution >= 4 is 46.2 Å². The third kappa shape index (κ3) is 5.60. The van der Waals surface area contributed by atoms with Crippen LogP contribution in [0.1, 0.15) is 29.8 Å². The lowest BCUT2D eigenvalue weighted by molar-refractivity contribution is -0.123. The quantitative estimate of drug-likeness (QED) is 0.454. The molecule has 0 unspecified atom stereocenters. The van der Waals surface area contributed by atoms with Crippen molar-refractivity contribution in [3.8, 4) is 17.2 Å². The molecule has 0 saturated carbocycles. The van der Waals surface area contributed by atoms with Gasteiger partial charge in [-0.2, -0.15) is 5.01 Å². The molecule has 1 heterocycles. The fourth-order valence-corrected chi connectivity index (χ4v) is 3.95. The molecule has 2 aromatic carbocycles. The largest absolute Gasteiger partial charge is 0.497 e. The van der Waals surface area contributed by atoms with E-state index in [1.165, 1.54) is 0 Å². The Morgan fingerprint density at radius 2 is 1.84 bits per heavy atom. The molecule has 0 aromatic heterocycles. The van der Waals surface area contributed by atoms with Crippen molar-refractivity contribution in [3.05, 3.63) is 58.5 Å². The lowest BCUT2D eigenvalue weighted by Crippen LogP contribution is -2.44. The molecule has 1 aliphatic rings. The number of nitrogens with one attached hydrogen (secondary N) is 1. The first kappa shape index (κ1) is 23.6. The lowest BCUT2D eigenvalue weighted by Gasteiger charge is -2.15. The van der Waals surface area contributed by atoms with Crippen molar-refractivity contribution in [1.29, 1.82) is 0 Å². The van der Waals surface area contributed by atoms with Gasteiger partial charge < -0.3 is 14.2 Å². The molecule has 0 atom stereocenters. The highest BCUT2D eigenvalue weighted by molar-refractivity contribution is 8.26. The molecular formula is C23H24N2O5S2. The Bertz CT molecular complexity index is 1050. The maximum atomic E-state index is 12.8. The molecule has 3 rings (SSSR count). The summed E-state index contributed by atoms with van der Waals surface area (Å²) >= 11 is 6.41. The number of carbonyl (C=O) groups excluding carboxylic acids is 2. The summed E-state index contributed by atoms with van der Waals surface area (Å²) in [6, 6.07) is 12.0. The number of methoxy groups -OCH3 is 2. The Morgan fingerprint density at radius 1 is 1.12 bits per heavy atom. The van der Waals surface area contributed by atoms with Gasteiger partial charge in [0.2, 0.25) is 0 Å². The Hall–Kier alpha value is -3.04. The van der Waals surface area contributed by atoms with Gasteiger partial charge in [-0.05, 0) is 66.2 Å². The molecule has 32 heavy (non-hydrogen) atoms. The summed E-state index contributed by atoms with van der Waals surface area (Å²) in [5.41, 5.74) is 3.69. The van der Waals surface area contributed by atoms with E-state index >= 15 is 0 Å². The topological polar surface area (TPSA) is 77.1 Å². The first-order chi connectivity index (χ1) is 15.3. The van der Waals surface area contributed by atoms with Gasteiger partial charge in [-0.1, -0.05) is 31.7 Å². The first-order valence-corrected chi connectivity index (χ1v) is 11.1. The summed E-state index contributed by atoms with van der Waals surface area (Å²) in [6.07, 6.45) is 1.70. The van der Waals surface area contributed by atoms with Gasteiger partial charge in [-0.25, -0.2) is 0 Å². The monoisotopic (exact) mass is 472 g/mol. The van der Waals surface area contributed by atoms with Crippen molar-refractivity contribution in [1.82, 2.24) is 10.4 Å². The highest BCUT2D eigenvalue weighted by Crippen LogP contribution is 2.34. The van der Waals surface area contributed by atoms with E-state index in [1.807, 2.05) is 6.07 Å². The number of nitrogens with zero attached hydrogens (tertiary/aromatic N) is 1. The predicted octanol–water partition coefficient (Wildman–Crippen LogP) is 4.28. The van der Waals surface area contributed by atoms with Crippen molar-refractivity contribution in [2.75, 3.05) is 20.8 Å². The zero-order valence-electron chi connectivity index (χ0n) is 18.2. The van der Waals surface area contributed by atoms with Crippen LogP contribution in [0.4, 0.5) is 0 Å². The van der Waals surface area contributed by atoms with Gasteiger partial charge in [-0.15, -0.1) is 0 Å². The van der Waals surface area contributed by atoms with Crippen LogP contribution in [-0.4, -0.2) is 42.0 Å². The molecule has 2 amide bonds. The van der Waals surface area contributed by atoms with E-state index in [0.717, 1.165) is 22.3 Å². The molecular weight excluding hydrogens is 448 g/mol. The van der Waals surface area contributed by atoms with Crippen LogP contribution >= 0.6 is 24.0 Å². The zero-order valence-corrected chi connectivity index (χ0v) is 19.8. The van der Waals surface area contributed by atoms with Gasteiger partial charge in [0, 0.05) is 5.56 Å². The van der Waals surface area contributed by atoms with Crippen LogP contribution in [0.2, 0.25) is 0 Å². The minimum Gasteiger partial charge on any atom is -0.497 e. The number of benzene rings is 2. The summed E-state index contributed by atoms with van der Waals surface area (Å²) in [4.78, 5) is 25.8. The maximum Gasteiger partial charge on any atom is 0.285 e. The Labute approximate surface area is 196 Å². The minimum absolute atomic E-state index is 0.243. The number of hydrogen-bond acceptors (Lipinski definition) is 7. The fourth-order valence-electron chi connectivity index (χ4n) is 2.77. The Morgan fingerprint density at radius 3 is 2.47 bits per heavy atom. The van der Waals surface area contributed by atoms with E-state index in [-0.39, 0.29) is 4.32 Å². The zero-order chi connectivity index (χ0) is 23.3. The summed E-state index contributed by atoms with van der Waals surface area (Å²) in [6.45, 7) is 4.70. The van der Waals surface area contributed by atoms with Crippen molar-refractivity contribution in [3.63, 3.8) is 0 Å². The third-order valence-electron chi connectivity index (χ3n) is 4.42. The van der Waals surface area contributed by atoms with Gasteiger partial charge >= 0.3 is 0 Å². The van der Waals surface area contributed by atoms with Crippen LogP contribution in [0, 0.1) is 5.92 Å². The lowest BCUT2D eigenvalue weighted by atomic mass is 10.1. The standard InChI is InChI=1S/C23H24N2O5S2/c1-14(2)13-30-18-10-5-15(11-19(18)29-4)12-20-22(27)25(23(31)32-20)24-21(26)16-6-8-17(28-3)9-7-16/h5-12,14H,13H2,1-4H3,(H,24,26)/b20-12-. The van der Waals surface area contributed by atoms with Gasteiger partial charge in [-0.3, -0.25) is 15.0 Å². The van der Waals surface area contributed by atoms with E-state index < -0.39 is 11.8 Å². The first-order valence-electron chi connectivity index (χ1n) is 9.86. The summed E-state index contributed by atoms with van der Waals surface area (Å²) in [5.74, 6) is 1.38. The van der Waals surface area contributed by atoms with E-state index in [1.54, 1.807) is 56.7 Å². The molecule has 0 radical (unpaired) electrons. The van der Waals surface area contributed by atoms with Crippen LogP contribution in [0.25, 0.3) is 6.08 Å². The SMILES string of the molecule is COc1ccc(C(=O)NN2C(=O)/C(=C/c3ccc(OCC(C)C)c(OC)c3)SC2=S)cc1. The van der Waals surface area contributed by atoms with Gasteiger partial charge in [0.05, 0.1) is 25.7 Å². The molecule has 168 valence electrons. The van der Waals surface area contributed by atoms with Crippen LogP contribution in [0.3, 0.4) is 0 Å². The maximum absolute atomic E-state index is 12.8.